The summed E-state index contributed by atoms with van der Waals surface area (Å²) in [5.41, 5.74) is 0.763. The molecule has 0 saturated carbocycles. The predicted octanol–water partition coefficient (Wildman–Crippen LogP) is 2.12. The van der Waals surface area contributed by atoms with Crippen LogP contribution in [0.5, 0.6) is 0 Å². The number of halogens is 1. The van der Waals surface area contributed by atoms with E-state index in [-0.39, 0.29) is 19.0 Å². The summed E-state index contributed by atoms with van der Waals surface area (Å²) >= 11 is 0. The molecule has 1 aromatic rings. The van der Waals surface area contributed by atoms with Gasteiger partial charge in [0.15, 0.2) is 6.61 Å². The van der Waals surface area contributed by atoms with Gasteiger partial charge in [-0.25, -0.2) is 9.18 Å². The highest BCUT2D eigenvalue weighted by Gasteiger charge is 2.04. The van der Waals surface area contributed by atoms with Gasteiger partial charge >= 0.3 is 5.97 Å². The fourth-order valence-electron chi connectivity index (χ4n) is 1.28. The minimum atomic E-state index is -0.583. The highest BCUT2D eigenvalue weighted by atomic mass is 19.1. The van der Waals surface area contributed by atoms with Crippen LogP contribution in [0.3, 0.4) is 0 Å². The Balaban J connectivity index is 2.26. The second-order valence-electron chi connectivity index (χ2n) is 3.90. The molecular formula is C15H16FNO3. The number of carbonyl (C=O) groups is 2. The first-order chi connectivity index (χ1) is 9.61. The molecule has 0 aliphatic carbocycles. The van der Waals surface area contributed by atoms with E-state index >= 15 is 0 Å². The van der Waals surface area contributed by atoms with Gasteiger partial charge in [0, 0.05) is 12.6 Å². The van der Waals surface area contributed by atoms with Crippen LogP contribution in [0, 0.1) is 5.82 Å². The van der Waals surface area contributed by atoms with Gasteiger partial charge in [-0.2, -0.15) is 0 Å². The van der Waals surface area contributed by atoms with E-state index < -0.39 is 11.9 Å². The van der Waals surface area contributed by atoms with Crippen LogP contribution >= 0.6 is 0 Å². The van der Waals surface area contributed by atoms with Crippen LogP contribution in [0.15, 0.2) is 48.6 Å². The molecule has 106 valence electrons. The number of allylic oxidation sites excluding steroid dienone is 3. The topological polar surface area (TPSA) is 55.4 Å². The van der Waals surface area contributed by atoms with Crippen molar-refractivity contribution in [2.24, 2.45) is 0 Å². The molecule has 0 spiro atoms. The van der Waals surface area contributed by atoms with E-state index in [4.69, 9.17) is 4.74 Å². The van der Waals surface area contributed by atoms with Crippen LogP contribution in [-0.2, 0) is 20.9 Å². The summed E-state index contributed by atoms with van der Waals surface area (Å²) in [5.74, 6) is -1.33. The highest BCUT2D eigenvalue weighted by molar-refractivity contribution is 5.85. The molecule has 0 heterocycles. The van der Waals surface area contributed by atoms with Gasteiger partial charge in [-0.3, -0.25) is 4.79 Å². The molecule has 0 unspecified atom stereocenters. The maximum Gasteiger partial charge on any atom is 0.331 e. The maximum absolute atomic E-state index is 12.7. The molecule has 0 aliphatic heterocycles. The Bertz CT molecular complexity index is 506. The van der Waals surface area contributed by atoms with E-state index in [0.717, 1.165) is 5.56 Å². The molecule has 0 radical (unpaired) electrons. The molecule has 0 aliphatic rings. The fraction of sp³-hybridized carbons (Fsp3) is 0.200. The van der Waals surface area contributed by atoms with Crippen molar-refractivity contribution in [3.8, 4) is 0 Å². The van der Waals surface area contributed by atoms with Crippen molar-refractivity contribution in [2.75, 3.05) is 6.61 Å². The van der Waals surface area contributed by atoms with Gasteiger partial charge < -0.3 is 10.1 Å². The summed E-state index contributed by atoms with van der Waals surface area (Å²) in [4.78, 5) is 22.6. The first-order valence-corrected chi connectivity index (χ1v) is 6.09. The van der Waals surface area contributed by atoms with Crippen LogP contribution in [0.4, 0.5) is 4.39 Å². The summed E-state index contributed by atoms with van der Waals surface area (Å²) in [6.45, 7) is 1.73. The van der Waals surface area contributed by atoms with Crippen molar-refractivity contribution in [3.05, 3.63) is 60.0 Å². The Kier molecular flexibility index (Phi) is 6.75. The predicted molar refractivity (Wildman–Crippen MR) is 73.2 cm³/mol. The van der Waals surface area contributed by atoms with Crippen molar-refractivity contribution in [2.45, 2.75) is 13.5 Å². The normalized spacial score (nSPS) is 10.9. The minimum absolute atomic E-state index is 0.255. The van der Waals surface area contributed by atoms with E-state index in [0.29, 0.717) is 0 Å². The zero-order chi connectivity index (χ0) is 14.8. The molecule has 20 heavy (non-hydrogen) atoms. The monoisotopic (exact) mass is 277 g/mol. The number of nitrogens with one attached hydrogen (secondary N) is 1. The van der Waals surface area contributed by atoms with Gasteiger partial charge in [0.2, 0.25) is 0 Å². The van der Waals surface area contributed by atoms with E-state index in [2.05, 4.69) is 5.32 Å². The van der Waals surface area contributed by atoms with Crippen LogP contribution in [-0.4, -0.2) is 18.5 Å². The summed E-state index contributed by atoms with van der Waals surface area (Å²) in [7, 11) is 0. The van der Waals surface area contributed by atoms with E-state index in [1.807, 2.05) is 6.92 Å². The molecule has 0 atom stereocenters. The van der Waals surface area contributed by atoms with Gasteiger partial charge in [0.1, 0.15) is 5.82 Å². The molecular weight excluding hydrogens is 261 g/mol. The van der Waals surface area contributed by atoms with Gasteiger partial charge in [0.05, 0.1) is 0 Å². The lowest BCUT2D eigenvalue weighted by Gasteiger charge is -2.05. The zero-order valence-corrected chi connectivity index (χ0v) is 11.1. The van der Waals surface area contributed by atoms with Gasteiger partial charge in [-0.15, -0.1) is 0 Å². The lowest BCUT2D eigenvalue weighted by molar-refractivity contribution is -0.143. The molecule has 0 bridgehead atoms. The van der Waals surface area contributed by atoms with Crippen LogP contribution in [0.1, 0.15) is 12.5 Å². The van der Waals surface area contributed by atoms with E-state index in [9.17, 15) is 14.0 Å². The first kappa shape index (κ1) is 15.6. The number of carbonyl (C=O) groups excluding carboxylic acids is 2. The maximum atomic E-state index is 12.7. The Hall–Kier alpha value is -2.43. The van der Waals surface area contributed by atoms with Gasteiger partial charge in [-0.05, 0) is 24.6 Å². The molecule has 1 aromatic carbocycles. The summed E-state index contributed by atoms with van der Waals surface area (Å²) in [5, 5.41) is 2.56. The Morgan fingerprint density at radius 1 is 1.25 bits per heavy atom. The van der Waals surface area contributed by atoms with Crippen LogP contribution < -0.4 is 5.32 Å². The number of ether oxygens (including phenoxy) is 1. The van der Waals surface area contributed by atoms with Crippen molar-refractivity contribution in [3.63, 3.8) is 0 Å². The summed E-state index contributed by atoms with van der Waals surface area (Å²) in [6.07, 6.45) is 6.20. The average molecular weight is 277 g/mol. The lowest BCUT2D eigenvalue weighted by Crippen LogP contribution is -2.28. The minimum Gasteiger partial charge on any atom is -0.452 e. The van der Waals surface area contributed by atoms with Crippen molar-refractivity contribution in [1.29, 1.82) is 0 Å². The van der Waals surface area contributed by atoms with Gasteiger partial charge in [-0.1, -0.05) is 30.4 Å². The average Bonchev–Trinajstić information content (AvgIpc) is 2.45. The standard InChI is InChI=1S/C15H16FNO3/c1-2-3-4-5-15(19)20-11-14(18)17-10-12-6-8-13(16)9-7-12/h2-9H,10-11H2,1H3,(H,17,18)/b3-2+,5-4+. The third-order valence-electron chi connectivity index (χ3n) is 2.28. The quantitative estimate of drug-likeness (QED) is 0.492. The smallest absolute Gasteiger partial charge is 0.331 e. The number of hydrogen-bond acceptors (Lipinski definition) is 3. The zero-order valence-electron chi connectivity index (χ0n) is 11.1. The molecule has 5 heteroatoms. The molecule has 0 fully saturated rings. The second-order valence-corrected chi connectivity index (χ2v) is 3.90. The largest absolute Gasteiger partial charge is 0.452 e. The van der Waals surface area contributed by atoms with E-state index in [1.54, 1.807) is 24.3 Å². The van der Waals surface area contributed by atoms with Crippen LogP contribution in [0.25, 0.3) is 0 Å². The van der Waals surface area contributed by atoms with E-state index in [1.165, 1.54) is 24.3 Å². The number of esters is 1. The number of rotatable bonds is 6. The Morgan fingerprint density at radius 3 is 2.60 bits per heavy atom. The Morgan fingerprint density at radius 2 is 1.95 bits per heavy atom. The van der Waals surface area contributed by atoms with Crippen molar-refractivity contribution in [1.82, 2.24) is 5.32 Å². The number of amides is 1. The third-order valence-corrected chi connectivity index (χ3v) is 2.28. The number of benzene rings is 1. The third kappa shape index (κ3) is 6.49. The molecule has 0 aromatic heterocycles. The van der Waals surface area contributed by atoms with Crippen molar-refractivity contribution < 1.29 is 18.7 Å². The molecule has 4 nitrogen and oxygen atoms in total. The molecule has 1 amide bonds. The highest BCUT2D eigenvalue weighted by Crippen LogP contribution is 2.01. The summed E-state index contributed by atoms with van der Waals surface area (Å²) < 4.78 is 17.4. The fourth-order valence-corrected chi connectivity index (χ4v) is 1.28. The van der Waals surface area contributed by atoms with Gasteiger partial charge in [0.25, 0.3) is 5.91 Å². The molecule has 0 saturated heterocycles. The number of hydrogen-bond donors (Lipinski definition) is 1. The lowest BCUT2D eigenvalue weighted by atomic mass is 10.2. The van der Waals surface area contributed by atoms with Crippen molar-refractivity contribution >= 4 is 11.9 Å². The second kappa shape index (κ2) is 8.63. The van der Waals surface area contributed by atoms with Crippen LogP contribution in [0.2, 0.25) is 0 Å². The summed E-state index contributed by atoms with van der Waals surface area (Å²) in [6, 6.07) is 5.77. The SMILES string of the molecule is C/C=C/C=C/C(=O)OCC(=O)NCc1ccc(F)cc1. The Labute approximate surface area is 116 Å². The first-order valence-electron chi connectivity index (χ1n) is 6.09. The molecule has 1 rings (SSSR count). The molecule has 1 N–H and O–H groups in total.